The minimum absolute atomic E-state index is 0.0669. The molecule has 0 spiro atoms. The zero-order valence-corrected chi connectivity index (χ0v) is 10.9. The van der Waals surface area contributed by atoms with Gasteiger partial charge in [-0.05, 0) is 18.6 Å². The van der Waals surface area contributed by atoms with Gasteiger partial charge in [-0.3, -0.25) is 0 Å². The summed E-state index contributed by atoms with van der Waals surface area (Å²) >= 11 is 0. The van der Waals surface area contributed by atoms with Gasteiger partial charge in [0.2, 0.25) is 0 Å². The molecule has 1 aromatic rings. The van der Waals surface area contributed by atoms with Gasteiger partial charge in [0.05, 0.1) is 23.1 Å². The summed E-state index contributed by atoms with van der Waals surface area (Å²) in [7, 11) is -3.44. The van der Waals surface area contributed by atoms with Crippen molar-refractivity contribution in [2.75, 3.05) is 5.75 Å². The molecular weight excluding hydrogens is 255 g/mol. The fraction of sp³-hybridized carbons (Fsp3) is 0.417. The average molecular weight is 270 g/mol. The number of rotatable bonds is 5. The van der Waals surface area contributed by atoms with Crippen LogP contribution in [0.4, 0.5) is 4.39 Å². The number of nitrogens with zero attached hydrogens (tertiary/aromatic N) is 1. The first-order valence-corrected chi connectivity index (χ1v) is 7.34. The van der Waals surface area contributed by atoms with Gasteiger partial charge in [0.25, 0.3) is 0 Å². The van der Waals surface area contributed by atoms with E-state index in [1.807, 2.05) is 0 Å². The Labute approximate surface area is 106 Å². The van der Waals surface area contributed by atoms with Crippen molar-refractivity contribution in [1.29, 1.82) is 5.26 Å². The Balaban J connectivity index is 2.88. The lowest BCUT2D eigenvalue weighted by Gasteiger charge is -2.10. The maximum Gasteiger partial charge on any atom is 0.156 e. The number of benzene rings is 1. The van der Waals surface area contributed by atoms with Crippen LogP contribution >= 0.6 is 0 Å². The normalized spacial score (nSPS) is 13.0. The topological polar surface area (TPSA) is 84.0 Å². The molecule has 0 aromatic heterocycles. The van der Waals surface area contributed by atoms with Crippen molar-refractivity contribution in [1.82, 2.24) is 0 Å². The molecule has 2 N–H and O–H groups in total. The highest BCUT2D eigenvalue weighted by molar-refractivity contribution is 7.90. The third-order valence-electron chi connectivity index (χ3n) is 2.55. The van der Waals surface area contributed by atoms with Crippen LogP contribution in [0.1, 0.15) is 24.5 Å². The van der Waals surface area contributed by atoms with Gasteiger partial charge in [0, 0.05) is 11.6 Å². The van der Waals surface area contributed by atoms with Crippen molar-refractivity contribution in [3.63, 3.8) is 0 Å². The molecule has 4 nitrogen and oxygen atoms in total. The molecular formula is C12H15FN2O2S. The molecule has 0 saturated heterocycles. The molecule has 0 saturated carbocycles. The van der Waals surface area contributed by atoms with Gasteiger partial charge >= 0.3 is 0 Å². The Hall–Kier alpha value is -1.45. The maximum atomic E-state index is 13.5. The highest BCUT2D eigenvalue weighted by Crippen LogP contribution is 2.14. The predicted octanol–water partition coefficient (Wildman–Crippen LogP) is 1.35. The Kier molecular flexibility index (Phi) is 4.82. The number of sulfone groups is 1. The maximum absolute atomic E-state index is 13.5. The first kappa shape index (κ1) is 14.6. The number of nitrogens with two attached hydrogens (primary N) is 1. The molecule has 6 heteroatoms. The van der Waals surface area contributed by atoms with Crippen LogP contribution in [-0.4, -0.2) is 20.2 Å². The van der Waals surface area contributed by atoms with Crippen LogP contribution in [-0.2, 0) is 15.6 Å². The minimum atomic E-state index is -3.44. The molecule has 0 aliphatic carbocycles. The molecule has 1 aromatic carbocycles. The van der Waals surface area contributed by atoms with Gasteiger partial charge in [0.1, 0.15) is 5.82 Å². The van der Waals surface area contributed by atoms with Gasteiger partial charge in [-0.2, -0.15) is 5.26 Å². The van der Waals surface area contributed by atoms with Crippen LogP contribution < -0.4 is 5.73 Å². The first-order valence-electron chi connectivity index (χ1n) is 5.52. The molecule has 0 radical (unpaired) electrons. The van der Waals surface area contributed by atoms with Crippen LogP contribution in [0.15, 0.2) is 18.2 Å². The van der Waals surface area contributed by atoms with Crippen LogP contribution in [0.5, 0.6) is 0 Å². The number of nitriles is 1. The van der Waals surface area contributed by atoms with Crippen LogP contribution in [0.3, 0.4) is 0 Å². The Bertz CT molecular complexity index is 564. The molecule has 0 fully saturated rings. The first-order chi connectivity index (χ1) is 8.38. The van der Waals surface area contributed by atoms with E-state index >= 15 is 0 Å². The van der Waals surface area contributed by atoms with E-state index in [1.165, 1.54) is 12.1 Å². The Morgan fingerprint density at radius 3 is 2.67 bits per heavy atom. The molecule has 1 unspecified atom stereocenters. The molecule has 0 heterocycles. The van der Waals surface area contributed by atoms with Gasteiger partial charge < -0.3 is 5.73 Å². The lowest BCUT2D eigenvalue weighted by molar-refractivity contribution is 0.577. The van der Waals surface area contributed by atoms with Crippen molar-refractivity contribution >= 4 is 9.84 Å². The standard InChI is InChI=1S/C12H15FN2O2S/c1-2-11(15)8-18(16,17)7-10-4-3-9(6-14)5-12(10)13/h3-5,11H,2,7-8,15H2,1H3. The summed E-state index contributed by atoms with van der Waals surface area (Å²) in [6, 6.07) is 5.11. The molecule has 0 aliphatic rings. The third-order valence-corrected chi connectivity index (χ3v) is 4.24. The fourth-order valence-electron chi connectivity index (χ4n) is 1.47. The highest BCUT2D eigenvalue weighted by atomic mass is 32.2. The van der Waals surface area contributed by atoms with Crippen LogP contribution in [0.25, 0.3) is 0 Å². The van der Waals surface area contributed by atoms with E-state index < -0.39 is 27.4 Å². The largest absolute Gasteiger partial charge is 0.327 e. The molecule has 98 valence electrons. The summed E-state index contributed by atoms with van der Waals surface area (Å²) in [5.74, 6) is -1.23. The lowest BCUT2D eigenvalue weighted by Crippen LogP contribution is -2.29. The summed E-state index contributed by atoms with van der Waals surface area (Å²) in [5.41, 5.74) is 5.81. The molecule has 0 bridgehead atoms. The summed E-state index contributed by atoms with van der Waals surface area (Å²) in [5, 5.41) is 8.58. The number of halogens is 1. The molecule has 1 atom stereocenters. The lowest BCUT2D eigenvalue weighted by atomic mass is 10.1. The molecule has 1 rings (SSSR count). The van der Waals surface area contributed by atoms with E-state index in [4.69, 9.17) is 11.0 Å². The molecule has 0 amide bonds. The third kappa shape index (κ3) is 4.09. The summed E-state index contributed by atoms with van der Waals surface area (Å²) in [6.45, 7) is 1.79. The molecule has 0 aliphatic heterocycles. The smallest absolute Gasteiger partial charge is 0.156 e. The van der Waals surface area contributed by atoms with Gasteiger partial charge in [-0.25, -0.2) is 12.8 Å². The SMILES string of the molecule is CCC(N)CS(=O)(=O)Cc1ccc(C#N)cc1F. The quantitative estimate of drug-likeness (QED) is 0.875. The van der Waals surface area contributed by atoms with E-state index in [0.717, 1.165) is 6.07 Å². The summed E-state index contributed by atoms with van der Waals surface area (Å²) < 4.78 is 37.1. The second-order valence-corrected chi connectivity index (χ2v) is 6.25. The zero-order valence-electron chi connectivity index (χ0n) is 10.1. The molecule has 18 heavy (non-hydrogen) atoms. The van der Waals surface area contributed by atoms with E-state index in [0.29, 0.717) is 6.42 Å². The Morgan fingerprint density at radius 2 is 2.17 bits per heavy atom. The van der Waals surface area contributed by atoms with E-state index in [9.17, 15) is 12.8 Å². The predicted molar refractivity (Wildman–Crippen MR) is 66.9 cm³/mol. The van der Waals surface area contributed by atoms with Crippen molar-refractivity contribution in [2.45, 2.75) is 25.1 Å². The Morgan fingerprint density at radius 1 is 1.50 bits per heavy atom. The van der Waals surface area contributed by atoms with Gasteiger partial charge in [0.15, 0.2) is 9.84 Å². The minimum Gasteiger partial charge on any atom is -0.327 e. The van der Waals surface area contributed by atoms with Crippen LogP contribution in [0.2, 0.25) is 0 Å². The van der Waals surface area contributed by atoms with Crippen molar-refractivity contribution < 1.29 is 12.8 Å². The van der Waals surface area contributed by atoms with E-state index in [2.05, 4.69) is 0 Å². The summed E-state index contributed by atoms with van der Waals surface area (Å²) in [4.78, 5) is 0. The van der Waals surface area contributed by atoms with Gasteiger partial charge in [-0.15, -0.1) is 0 Å². The second-order valence-electron chi connectivity index (χ2n) is 4.14. The summed E-state index contributed by atoms with van der Waals surface area (Å²) in [6.07, 6.45) is 0.551. The fourth-order valence-corrected chi connectivity index (χ4v) is 3.19. The number of hydrogen-bond acceptors (Lipinski definition) is 4. The van der Waals surface area contributed by atoms with E-state index in [-0.39, 0.29) is 16.9 Å². The number of hydrogen-bond donors (Lipinski definition) is 1. The van der Waals surface area contributed by atoms with Crippen molar-refractivity contribution in [3.8, 4) is 6.07 Å². The second kappa shape index (κ2) is 5.94. The van der Waals surface area contributed by atoms with Crippen molar-refractivity contribution in [3.05, 3.63) is 35.1 Å². The highest BCUT2D eigenvalue weighted by Gasteiger charge is 2.18. The van der Waals surface area contributed by atoms with Gasteiger partial charge in [-0.1, -0.05) is 13.0 Å². The average Bonchev–Trinajstić information content (AvgIpc) is 2.30. The zero-order chi connectivity index (χ0) is 13.8. The monoisotopic (exact) mass is 270 g/mol. The van der Waals surface area contributed by atoms with Crippen molar-refractivity contribution in [2.24, 2.45) is 5.73 Å². The van der Waals surface area contributed by atoms with Crippen LogP contribution in [0, 0.1) is 17.1 Å². The van der Waals surface area contributed by atoms with E-state index in [1.54, 1.807) is 13.0 Å².